The van der Waals surface area contributed by atoms with Crippen LogP contribution in [0.5, 0.6) is 0 Å². The predicted molar refractivity (Wildman–Crippen MR) is 73.1 cm³/mol. The maximum atomic E-state index is 12.3. The third kappa shape index (κ3) is 3.02. The zero-order chi connectivity index (χ0) is 14.0. The second-order valence-corrected chi connectivity index (χ2v) is 6.28. The molecular weight excluding hydrogens is 262 g/mol. The summed E-state index contributed by atoms with van der Waals surface area (Å²) in [5.74, 6) is 0. The van der Waals surface area contributed by atoms with Gasteiger partial charge in [-0.25, -0.2) is 13.1 Å². The van der Waals surface area contributed by atoms with Crippen LogP contribution < -0.4 is 4.72 Å². The van der Waals surface area contributed by atoms with Crippen LogP contribution in [0.25, 0.3) is 0 Å². The highest BCUT2D eigenvalue weighted by molar-refractivity contribution is 7.89. The Morgan fingerprint density at radius 2 is 2.00 bits per heavy atom. The number of benzene rings is 1. The smallest absolute Gasteiger partial charge is 0.241 e. The number of nitrogens with one attached hydrogen (secondary N) is 1. The quantitative estimate of drug-likeness (QED) is 0.922. The summed E-state index contributed by atoms with van der Waals surface area (Å²) in [6.07, 6.45) is 1.64. The van der Waals surface area contributed by atoms with Gasteiger partial charge in [0.15, 0.2) is 0 Å². The molecule has 1 N–H and O–H groups in total. The number of sulfonamides is 1. The molecule has 2 aromatic rings. The van der Waals surface area contributed by atoms with Gasteiger partial charge in [0.25, 0.3) is 0 Å². The molecule has 0 saturated carbocycles. The van der Waals surface area contributed by atoms with Gasteiger partial charge in [0.1, 0.15) is 0 Å². The van der Waals surface area contributed by atoms with Crippen molar-refractivity contribution < 1.29 is 8.42 Å². The summed E-state index contributed by atoms with van der Waals surface area (Å²) in [5.41, 5.74) is 2.48. The summed E-state index contributed by atoms with van der Waals surface area (Å²) in [7, 11) is -1.72. The molecule has 0 aliphatic carbocycles. The number of hydrogen-bond acceptors (Lipinski definition) is 3. The van der Waals surface area contributed by atoms with Gasteiger partial charge in [0.05, 0.1) is 17.1 Å². The highest BCUT2D eigenvalue weighted by Crippen LogP contribution is 2.16. The maximum Gasteiger partial charge on any atom is 0.241 e. The largest absolute Gasteiger partial charge is 0.271 e. The maximum absolute atomic E-state index is 12.3. The first kappa shape index (κ1) is 13.8. The molecule has 0 bridgehead atoms. The molecule has 5 nitrogen and oxygen atoms in total. The molecule has 0 aliphatic heterocycles. The summed E-state index contributed by atoms with van der Waals surface area (Å²) < 4.78 is 28.8. The molecule has 1 heterocycles. The van der Waals surface area contributed by atoms with Crippen LogP contribution in [0.15, 0.2) is 35.4 Å². The Morgan fingerprint density at radius 3 is 2.63 bits per heavy atom. The minimum atomic E-state index is -3.50. The van der Waals surface area contributed by atoms with Gasteiger partial charge < -0.3 is 0 Å². The third-order valence-corrected chi connectivity index (χ3v) is 4.54. The van der Waals surface area contributed by atoms with Crippen LogP contribution >= 0.6 is 0 Å². The van der Waals surface area contributed by atoms with E-state index in [1.807, 2.05) is 19.1 Å². The Balaban J connectivity index is 2.23. The lowest BCUT2D eigenvalue weighted by molar-refractivity contribution is 0.576. The standard InChI is InChI=1S/C13H17N3O2S/c1-10-4-5-11(2)13(8-10)19(17,18)15-9-12-6-7-14-16(12)3/h4-8,15H,9H2,1-3H3. The first-order valence-corrected chi connectivity index (χ1v) is 7.42. The van der Waals surface area contributed by atoms with Crippen molar-refractivity contribution in [1.29, 1.82) is 0 Å². The van der Waals surface area contributed by atoms with Crippen molar-refractivity contribution in [2.75, 3.05) is 0 Å². The molecule has 0 aliphatic rings. The second-order valence-electron chi connectivity index (χ2n) is 4.54. The highest BCUT2D eigenvalue weighted by atomic mass is 32.2. The molecule has 1 aromatic carbocycles. The van der Waals surface area contributed by atoms with E-state index in [2.05, 4.69) is 9.82 Å². The van der Waals surface area contributed by atoms with E-state index in [1.54, 1.807) is 37.0 Å². The molecule has 0 radical (unpaired) electrons. The zero-order valence-electron chi connectivity index (χ0n) is 11.2. The average molecular weight is 279 g/mol. The number of nitrogens with zero attached hydrogens (tertiary/aromatic N) is 2. The van der Waals surface area contributed by atoms with Gasteiger partial charge in [-0.1, -0.05) is 12.1 Å². The summed E-state index contributed by atoms with van der Waals surface area (Å²) >= 11 is 0. The molecule has 19 heavy (non-hydrogen) atoms. The van der Waals surface area contributed by atoms with Gasteiger partial charge in [0, 0.05) is 13.2 Å². The normalized spacial score (nSPS) is 11.7. The van der Waals surface area contributed by atoms with Crippen molar-refractivity contribution in [1.82, 2.24) is 14.5 Å². The minimum absolute atomic E-state index is 0.228. The van der Waals surface area contributed by atoms with E-state index in [0.717, 1.165) is 16.8 Å². The number of rotatable bonds is 4. The van der Waals surface area contributed by atoms with Crippen molar-refractivity contribution >= 4 is 10.0 Å². The van der Waals surface area contributed by atoms with E-state index in [9.17, 15) is 8.42 Å². The van der Waals surface area contributed by atoms with Gasteiger partial charge in [-0.3, -0.25) is 4.68 Å². The van der Waals surface area contributed by atoms with Crippen LogP contribution in [-0.2, 0) is 23.6 Å². The zero-order valence-corrected chi connectivity index (χ0v) is 12.0. The lowest BCUT2D eigenvalue weighted by atomic mass is 10.2. The van der Waals surface area contributed by atoms with E-state index in [0.29, 0.717) is 4.90 Å². The summed E-state index contributed by atoms with van der Waals surface area (Å²) in [6.45, 7) is 3.89. The molecular formula is C13H17N3O2S. The molecule has 2 rings (SSSR count). The second kappa shape index (κ2) is 5.14. The van der Waals surface area contributed by atoms with Crippen molar-refractivity contribution in [2.45, 2.75) is 25.3 Å². The Bertz CT molecular complexity index is 690. The molecule has 6 heteroatoms. The minimum Gasteiger partial charge on any atom is -0.271 e. The van der Waals surface area contributed by atoms with Gasteiger partial charge >= 0.3 is 0 Å². The van der Waals surface area contributed by atoms with Gasteiger partial charge in [0.2, 0.25) is 10.0 Å². The van der Waals surface area contributed by atoms with Crippen molar-refractivity contribution in [3.05, 3.63) is 47.3 Å². The van der Waals surface area contributed by atoms with Gasteiger partial charge in [-0.15, -0.1) is 0 Å². The van der Waals surface area contributed by atoms with Crippen LogP contribution in [-0.4, -0.2) is 18.2 Å². The van der Waals surface area contributed by atoms with Crippen molar-refractivity contribution in [3.63, 3.8) is 0 Å². The lowest BCUT2D eigenvalue weighted by Gasteiger charge is -2.10. The summed E-state index contributed by atoms with van der Waals surface area (Å²) in [6, 6.07) is 7.18. The van der Waals surface area contributed by atoms with Gasteiger partial charge in [-0.2, -0.15) is 5.10 Å². The third-order valence-electron chi connectivity index (χ3n) is 3.00. The van der Waals surface area contributed by atoms with E-state index < -0.39 is 10.0 Å². The summed E-state index contributed by atoms with van der Waals surface area (Å²) in [4.78, 5) is 0.328. The van der Waals surface area contributed by atoms with E-state index in [-0.39, 0.29) is 6.54 Å². The topological polar surface area (TPSA) is 64.0 Å². The van der Waals surface area contributed by atoms with Crippen LogP contribution in [0.2, 0.25) is 0 Å². The monoisotopic (exact) mass is 279 g/mol. The molecule has 0 atom stereocenters. The molecule has 1 aromatic heterocycles. The van der Waals surface area contributed by atoms with Crippen molar-refractivity contribution in [2.24, 2.45) is 7.05 Å². The Labute approximate surface area is 113 Å². The molecule has 0 saturated heterocycles. The van der Waals surface area contributed by atoms with Crippen LogP contribution in [0.4, 0.5) is 0 Å². The fourth-order valence-electron chi connectivity index (χ4n) is 1.82. The Morgan fingerprint density at radius 1 is 1.26 bits per heavy atom. The molecule has 0 unspecified atom stereocenters. The first-order chi connectivity index (χ1) is 8.90. The lowest BCUT2D eigenvalue weighted by Crippen LogP contribution is -2.25. The SMILES string of the molecule is Cc1ccc(C)c(S(=O)(=O)NCc2ccnn2C)c1. The predicted octanol–water partition coefficient (Wildman–Crippen LogP) is 1.52. The van der Waals surface area contributed by atoms with Crippen molar-refractivity contribution in [3.8, 4) is 0 Å². The number of aryl methyl sites for hydroxylation is 3. The van der Waals surface area contributed by atoms with Crippen LogP contribution in [0.3, 0.4) is 0 Å². The number of hydrogen-bond donors (Lipinski definition) is 1. The van der Waals surface area contributed by atoms with Crippen LogP contribution in [0.1, 0.15) is 16.8 Å². The molecule has 0 amide bonds. The molecule has 0 fully saturated rings. The number of aromatic nitrogens is 2. The Hall–Kier alpha value is -1.66. The highest BCUT2D eigenvalue weighted by Gasteiger charge is 2.17. The van der Waals surface area contributed by atoms with E-state index >= 15 is 0 Å². The van der Waals surface area contributed by atoms with Gasteiger partial charge in [-0.05, 0) is 37.1 Å². The fraction of sp³-hybridized carbons (Fsp3) is 0.308. The fourth-order valence-corrected chi connectivity index (χ4v) is 3.14. The molecule has 0 spiro atoms. The van der Waals surface area contributed by atoms with Crippen LogP contribution in [0, 0.1) is 13.8 Å². The Kier molecular flexibility index (Phi) is 3.73. The van der Waals surface area contributed by atoms with E-state index in [4.69, 9.17) is 0 Å². The average Bonchev–Trinajstić information content (AvgIpc) is 2.75. The molecule has 102 valence electrons. The summed E-state index contributed by atoms with van der Waals surface area (Å²) in [5, 5.41) is 4.00. The first-order valence-electron chi connectivity index (χ1n) is 5.94. The van der Waals surface area contributed by atoms with E-state index in [1.165, 1.54) is 0 Å².